The lowest BCUT2D eigenvalue weighted by atomic mass is 9.78. The summed E-state index contributed by atoms with van der Waals surface area (Å²) in [5, 5.41) is 12.7. The normalized spacial score (nSPS) is 30.0. The molecular formula is C14H22N2OS. The molecule has 0 spiro atoms. The minimum absolute atomic E-state index is 0.443. The molecule has 3 rings (SSSR count). The van der Waals surface area contributed by atoms with Gasteiger partial charge in [-0.25, -0.2) is 4.98 Å². The monoisotopic (exact) mass is 266 g/mol. The zero-order valence-corrected chi connectivity index (χ0v) is 11.8. The molecule has 1 saturated heterocycles. The largest absolute Gasteiger partial charge is 0.387 e. The van der Waals surface area contributed by atoms with Crippen LogP contribution in [0, 0.1) is 5.92 Å². The van der Waals surface area contributed by atoms with Crippen LogP contribution in [0.3, 0.4) is 0 Å². The molecule has 100 valence electrons. The number of hydrogen-bond acceptors (Lipinski definition) is 4. The van der Waals surface area contributed by atoms with Crippen LogP contribution in [0.2, 0.25) is 0 Å². The number of anilines is 1. The topological polar surface area (TPSA) is 36.4 Å². The van der Waals surface area contributed by atoms with Gasteiger partial charge in [0.15, 0.2) is 5.13 Å². The second kappa shape index (κ2) is 5.17. The zero-order chi connectivity index (χ0) is 12.5. The van der Waals surface area contributed by atoms with E-state index in [0.29, 0.717) is 6.04 Å². The van der Waals surface area contributed by atoms with E-state index in [9.17, 15) is 5.11 Å². The quantitative estimate of drug-likeness (QED) is 0.891. The third-order valence-electron chi connectivity index (χ3n) is 4.43. The maximum absolute atomic E-state index is 9.59. The van der Waals surface area contributed by atoms with E-state index in [0.717, 1.165) is 23.3 Å². The van der Waals surface area contributed by atoms with Crippen molar-refractivity contribution >= 4 is 16.5 Å². The summed E-state index contributed by atoms with van der Waals surface area (Å²) < 4.78 is 0. The first-order valence-corrected chi connectivity index (χ1v) is 8.04. The van der Waals surface area contributed by atoms with Crippen LogP contribution in [-0.2, 0) is 0 Å². The molecule has 0 bridgehead atoms. The van der Waals surface area contributed by atoms with Gasteiger partial charge in [0, 0.05) is 18.0 Å². The number of nitrogens with zero attached hydrogens (tertiary/aromatic N) is 2. The Morgan fingerprint density at radius 3 is 2.89 bits per heavy atom. The number of hydrogen-bond donors (Lipinski definition) is 1. The third-order valence-corrected chi connectivity index (χ3v) is 5.32. The highest BCUT2D eigenvalue weighted by Crippen LogP contribution is 2.38. The van der Waals surface area contributed by atoms with Crippen LogP contribution in [0.1, 0.15) is 57.2 Å². The minimum Gasteiger partial charge on any atom is -0.387 e. The highest BCUT2D eigenvalue weighted by molar-refractivity contribution is 7.13. The predicted octanol–water partition coefficient (Wildman–Crippen LogP) is 3.36. The van der Waals surface area contributed by atoms with E-state index in [1.165, 1.54) is 38.5 Å². The number of aliphatic hydroxyl groups excluding tert-OH is 1. The second-order valence-electron chi connectivity index (χ2n) is 5.68. The lowest BCUT2D eigenvalue weighted by Gasteiger charge is -2.44. The van der Waals surface area contributed by atoms with Crippen LogP contribution in [0.15, 0.2) is 5.38 Å². The molecule has 1 saturated carbocycles. The van der Waals surface area contributed by atoms with Gasteiger partial charge in [0.05, 0.1) is 11.8 Å². The Kier molecular flexibility index (Phi) is 3.57. The fourth-order valence-corrected chi connectivity index (χ4v) is 4.46. The smallest absolute Gasteiger partial charge is 0.185 e. The van der Waals surface area contributed by atoms with Gasteiger partial charge in [-0.2, -0.15) is 0 Å². The van der Waals surface area contributed by atoms with Crippen molar-refractivity contribution in [2.75, 3.05) is 11.4 Å². The fraction of sp³-hybridized carbons (Fsp3) is 0.786. The molecular weight excluding hydrogens is 244 g/mol. The van der Waals surface area contributed by atoms with Crippen LogP contribution < -0.4 is 4.90 Å². The van der Waals surface area contributed by atoms with Crippen LogP contribution in [0.4, 0.5) is 5.13 Å². The Hall–Kier alpha value is -0.610. The molecule has 18 heavy (non-hydrogen) atoms. The third kappa shape index (κ3) is 2.28. The lowest BCUT2D eigenvalue weighted by molar-refractivity contribution is 0.195. The molecule has 4 heteroatoms. The van der Waals surface area contributed by atoms with Crippen LogP contribution >= 0.6 is 11.3 Å². The maximum Gasteiger partial charge on any atom is 0.185 e. The van der Waals surface area contributed by atoms with Gasteiger partial charge in [-0.3, -0.25) is 0 Å². The predicted molar refractivity (Wildman–Crippen MR) is 75.1 cm³/mol. The number of thiazole rings is 1. The van der Waals surface area contributed by atoms with Crippen LogP contribution in [0.25, 0.3) is 0 Å². The number of rotatable bonds is 2. The average Bonchev–Trinajstić information content (AvgIpc) is 2.87. The molecule has 1 aliphatic carbocycles. The van der Waals surface area contributed by atoms with E-state index in [1.807, 2.05) is 5.38 Å². The molecule has 0 aromatic carbocycles. The molecule has 2 fully saturated rings. The summed E-state index contributed by atoms with van der Waals surface area (Å²) in [5.74, 6) is 0.881. The van der Waals surface area contributed by atoms with E-state index in [-0.39, 0.29) is 0 Å². The van der Waals surface area contributed by atoms with Crippen molar-refractivity contribution in [3.63, 3.8) is 0 Å². The molecule has 1 N–H and O–H groups in total. The molecule has 1 aromatic rings. The fourth-order valence-electron chi connectivity index (χ4n) is 3.46. The number of aromatic nitrogens is 1. The molecule has 3 atom stereocenters. The summed E-state index contributed by atoms with van der Waals surface area (Å²) in [6, 6.07) is 0.709. The Morgan fingerprint density at radius 1 is 1.33 bits per heavy atom. The molecule has 2 aliphatic rings. The van der Waals surface area contributed by atoms with Crippen molar-refractivity contribution in [2.24, 2.45) is 5.92 Å². The summed E-state index contributed by atoms with van der Waals surface area (Å²) in [4.78, 5) is 7.14. The molecule has 1 aromatic heterocycles. The van der Waals surface area contributed by atoms with Gasteiger partial charge < -0.3 is 10.0 Å². The Morgan fingerprint density at radius 2 is 2.11 bits per heavy atom. The van der Waals surface area contributed by atoms with E-state index < -0.39 is 6.10 Å². The van der Waals surface area contributed by atoms with E-state index in [1.54, 1.807) is 18.3 Å². The van der Waals surface area contributed by atoms with Crippen molar-refractivity contribution in [2.45, 2.75) is 57.6 Å². The van der Waals surface area contributed by atoms with Gasteiger partial charge >= 0.3 is 0 Å². The second-order valence-corrected chi connectivity index (χ2v) is 6.51. The summed E-state index contributed by atoms with van der Waals surface area (Å²) in [6.07, 6.45) is 7.75. The van der Waals surface area contributed by atoms with Gasteiger partial charge in [-0.05, 0) is 38.5 Å². The SMILES string of the molecule is CC(O)c1csc(N2CCCC3CCCCC32)n1. The Labute approximate surface area is 113 Å². The first-order valence-electron chi connectivity index (χ1n) is 7.16. The van der Waals surface area contributed by atoms with Gasteiger partial charge in [0.2, 0.25) is 0 Å². The maximum atomic E-state index is 9.59. The van der Waals surface area contributed by atoms with E-state index >= 15 is 0 Å². The summed E-state index contributed by atoms with van der Waals surface area (Å²) in [6.45, 7) is 2.94. The first kappa shape index (κ1) is 12.4. The Balaban J connectivity index is 1.80. The number of fused-ring (bicyclic) bond motifs is 1. The zero-order valence-electron chi connectivity index (χ0n) is 11.0. The molecule has 3 unspecified atom stereocenters. The van der Waals surface area contributed by atoms with Gasteiger partial charge in [-0.15, -0.1) is 11.3 Å². The minimum atomic E-state index is -0.443. The molecule has 0 amide bonds. The van der Waals surface area contributed by atoms with Gasteiger partial charge in [-0.1, -0.05) is 12.8 Å². The van der Waals surface area contributed by atoms with Crippen molar-refractivity contribution < 1.29 is 5.11 Å². The average molecular weight is 266 g/mol. The number of aliphatic hydroxyl groups is 1. The van der Waals surface area contributed by atoms with Crippen LogP contribution in [0.5, 0.6) is 0 Å². The first-order chi connectivity index (χ1) is 8.75. The van der Waals surface area contributed by atoms with Crippen molar-refractivity contribution in [1.29, 1.82) is 0 Å². The van der Waals surface area contributed by atoms with Crippen LogP contribution in [-0.4, -0.2) is 22.7 Å². The highest BCUT2D eigenvalue weighted by atomic mass is 32.1. The van der Waals surface area contributed by atoms with Crippen molar-refractivity contribution in [1.82, 2.24) is 4.98 Å². The van der Waals surface area contributed by atoms with Gasteiger partial charge in [0.1, 0.15) is 0 Å². The van der Waals surface area contributed by atoms with Crippen molar-refractivity contribution in [3.05, 3.63) is 11.1 Å². The lowest BCUT2D eigenvalue weighted by Crippen LogP contribution is -2.46. The van der Waals surface area contributed by atoms with Gasteiger partial charge in [0.25, 0.3) is 0 Å². The molecule has 3 nitrogen and oxygen atoms in total. The van der Waals surface area contributed by atoms with E-state index in [4.69, 9.17) is 0 Å². The molecule has 0 radical (unpaired) electrons. The summed E-state index contributed by atoms with van der Waals surface area (Å²) in [7, 11) is 0. The molecule has 1 aliphatic heterocycles. The standard InChI is InChI=1S/C14H22N2OS/c1-10(17)12-9-18-14(15-12)16-8-4-6-11-5-2-3-7-13(11)16/h9-11,13,17H,2-8H2,1H3. The summed E-state index contributed by atoms with van der Waals surface area (Å²) >= 11 is 1.69. The van der Waals surface area contributed by atoms with Crippen molar-refractivity contribution in [3.8, 4) is 0 Å². The summed E-state index contributed by atoms with van der Waals surface area (Å²) in [5.41, 5.74) is 0.827. The molecule has 2 heterocycles. The number of piperidine rings is 1. The van der Waals surface area contributed by atoms with E-state index in [2.05, 4.69) is 9.88 Å². The highest BCUT2D eigenvalue weighted by Gasteiger charge is 2.34. The Bertz CT molecular complexity index is 402.